The molecule has 0 unspecified atom stereocenters. The average molecular weight is 324 g/mol. The van der Waals surface area contributed by atoms with Crippen molar-refractivity contribution < 1.29 is 4.74 Å². The summed E-state index contributed by atoms with van der Waals surface area (Å²) in [4.78, 5) is 0. The molecular weight excluding hydrogens is 316 g/mol. The number of halogens is 2. The van der Waals surface area contributed by atoms with Gasteiger partial charge in [0, 0.05) is 4.47 Å². The highest BCUT2D eigenvalue weighted by Crippen LogP contribution is 2.35. The van der Waals surface area contributed by atoms with Gasteiger partial charge in [0.05, 0.1) is 16.3 Å². The van der Waals surface area contributed by atoms with Crippen molar-refractivity contribution in [3.05, 3.63) is 51.5 Å². The van der Waals surface area contributed by atoms with Crippen LogP contribution in [-0.4, -0.2) is 0 Å². The molecule has 0 atom stereocenters. The third-order valence-electron chi connectivity index (χ3n) is 2.30. The molecule has 0 aliphatic heterocycles. The van der Waals surface area contributed by atoms with Crippen molar-refractivity contribution in [3.63, 3.8) is 0 Å². The van der Waals surface area contributed by atoms with Crippen molar-refractivity contribution in [1.82, 2.24) is 0 Å². The number of ether oxygens (including phenoxy) is 1. The number of para-hydroxylation sites is 1. The van der Waals surface area contributed by atoms with Crippen LogP contribution in [0.4, 0.5) is 5.69 Å². The predicted octanol–water partition coefficient (Wildman–Crippen LogP) is 4.35. The summed E-state index contributed by atoms with van der Waals surface area (Å²) >= 11 is 9.35. The Labute approximate surface area is 118 Å². The van der Waals surface area contributed by atoms with E-state index in [4.69, 9.17) is 27.3 Å². The van der Waals surface area contributed by atoms with E-state index in [1.54, 1.807) is 30.3 Å². The molecule has 0 heterocycles. The summed E-state index contributed by atoms with van der Waals surface area (Å²) in [5, 5.41) is 9.36. The lowest BCUT2D eigenvalue weighted by molar-refractivity contribution is 0.485. The van der Waals surface area contributed by atoms with Crippen LogP contribution in [0.3, 0.4) is 0 Å². The van der Waals surface area contributed by atoms with E-state index in [1.807, 2.05) is 12.1 Å². The maximum absolute atomic E-state index is 8.89. The van der Waals surface area contributed by atoms with Gasteiger partial charge in [0.2, 0.25) is 0 Å². The lowest BCUT2D eigenvalue weighted by atomic mass is 10.2. The first-order valence-corrected chi connectivity index (χ1v) is 6.20. The molecule has 5 heteroatoms. The fourth-order valence-electron chi connectivity index (χ4n) is 1.40. The van der Waals surface area contributed by atoms with Crippen LogP contribution in [0.5, 0.6) is 11.5 Å². The molecular formula is C13H8BrClN2O. The van der Waals surface area contributed by atoms with Gasteiger partial charge >= 0.3 is 0 Å². The third kappa shape index (κ3) is 2.58. The Kier molecular flexibility index (Phi) is 3.75. The van der Waals surface area contributed by atoms with E-state index in [0.717, 1.165) is 4.47 Å². The Bertz CT molecular complexity index is 637. The van der Waals surface area contributed by atoms with Crippen LogP contribution in [0, 0.1) is 11.3 Å². The Balaban J connectivity index is 2.41. The number of hydrogen-bond acceptors (Lipinski definition) is 3. The third-order valence-corrected chi connectivity index (χ3v) is 3.11. The summed E-state index contributed by atoms with van der Waals surface area (Å²) in [6, 6.07) is 12.3. The maximum atomic E-state index is 8.89. The largest absolute Gasteiger partial charge is 0.454 e. The second kappa shape index (κ2) is 5.30. The molecule has 2 N–H and O–H groups in total. The number of anilines is 1. The van der Waals surface area contributed by atoms with Gasteiger partial charge in [0.1, 0.15) is 11.8 Å². The zero-order valence-electron chi connectivity index (χ0n) is 9.15. The summed E-state index contributed by atoms with van der Waals surface area (Å²) in [6.07, 6.45) is 0. The quantitative estimate of drug-likeness (QED) is 0.836. The highest BCUT2D eigenvalue weighted by Gasteiger charge is 2.09. The van der Waals surface area contributed by atoms with Gasteiger partial charge in [-0.1, -0.05) is 33.6 Å². The molecule has 2 rings (SSSR count). The molecule has 0 aliphatic rings. The van der Waals surface area contributed by atoms with E-state index in [-0.39, 0.29) is 0 Å². The molecule has 2 aromatic rings. The fraction of sp³-hybridized carbons (Fsp3) is 0. The first kappa shape index (κ1) is 12.7. The zero-order chi connectivity index (χ0) is 13.1. The normalized spacial score (nSPS) is 9.83. The van der Waals surface area contributed by atoms with E-state index in [1.165, 1.54) is 0 Å². The number of nitrogens with two attached hydrogens (primary N) is 1. The number of nitriles is 1. The van der Waals surface area contributed by atoms with Crippen molar-refractivity contribution in [1.29, 1.82) is 5.26 Å². The first-order chi connectivity index (χ1) is 8.61. The molecule has 0 saturated heterocycles. The van der Waals surface area contributed by atoms with Crippen molar-refractivity contribution in [2.45, 2.75) is 0 Å². The summed E-state index contributed by atoms with van der Waals surface area (Å²) in [5.41, 5.74) is 6.50. The number of hydrogen-bond donors (Lipinski definition) is 1. The molecule has 0 aromatic heterocycles. The van der Waals surface area contributed by atoms with Gasteiger partial charge in [-0.3, -0.25) is 0 Å². The monoisotopic (exact) mass is 322 g/mol. The van der Waals surface area contributed by atoms with Crippen LogP contribution in [-0.2, 0) is 0 Å². The predicted molar refractivity (Wildman–Crippen MR) is 74.8 cm³/mol. The van der Waals surface area contributed by atoms with Gasteiger partial charge in [-0.15, -0.1) is 0 Å². The minimum atomic E-state index is 0.302. The highest BCUT2D eigenvalue weighted by atomic mass is 79.9. The molecule has 90 valence electrons. The SMILES string of the molecule is N#Cc1cccc(Oc2cc(Br)ccc2Cl)c1N. The summed E-state index contributed by atoms with van der Waals surface area (Å²) in [7, 11) is 0. The van der Waals surface area contributed by atoms with Crippen LogP contribution in [0.25, 0.3) is 0 Å². The van der Waals surface area contributed by atoms with Crippen LogP contribution in [0.2, 0.25) is 5.02 Å². The van der Waals surface area contributed by atoms with Gasteiger partial charge < -0.3 is 10.5 Å². The van der Waals surface area contributed by atoms with Crippen molar-refractivity contribution in [2.75, 3.05) is 5.73 Å². The molecule has 0 spiro atoms. The van der Waals surface area contributed by atoms with Gasteiger partial charge in [-0.05, 0) is 30.3 Å². The second-order valence-corrected chi connectivity index (χ2v) is 4.83. The van der Waals surface area contributed by atoms with Crippen molar-refractivity contribution in [2.24, 2.45) is 0 Å². The van der Waals surface area contributed by atoms with Gasteiger partial charge in [0.25, 0.3) is 0 Å². The Hall–Kier alpha value is -1.70. The van der Waals surface area contributed by atoms with Crippen LogP contribution < -0.4 is 10.5 Å². The van der Waals surface area contributed by atoms with E-state index in [0.29, 0.717) is 27.8 Å². The highest BCUT2D eigenvalue weighted by molar-refractivity contribution is 9.10. The molecule has 0 bridgehead atoms. The van der Waals surface area contributed by atoms with Crippen molar-refractivity contribution >= 4 is 33.2 Å². The molecule has 2 aromatic carbocycles. The van der Waals surface area contributed by atoms with Crippen LogP contribution in [0.1, 0.15) is 5.56 Å². The molecule has 0 saturated carbocycles. The Morgan fingerprint density at radius 3 is 2.72 bits per heavy atom. The summed E-state index contributed by atoms with van der Waals surface area (Å²) < 4.78 is 6.47. The molecule has 0 amide bonds. The zero-order valence-corrected chi connectivity index (χ0v) is 11.5. The second-order valence-electron chi connectivity index (χ2n) is 3.51. The van der Waals surface area contributed by atoms with E-state index >= 15 is 0 Å². The van der Waals surface area contributed by atoms with Gasteiger partial charge in [-0.2, -0.15) is 5.26 Å². The van der Waals surface area contributed by atoms with Crippen LogP contribution >= 0.6 is 27.5 Å². The Morgan fingerprint density at radius 2 is 2.00 bits per heavy atom. The van der Waals surface area contributed by atoms with E-state index in [2.05, 4.69) is 15.9 Å². The lowest BCUT2D eigenvalue weighted by Crippen LogP contribution is -1.95. The molecule has 18 heavy (non-hydrogen) atoms. The smallest absolute Gasteiger partial charge is 0.151 e. The molecule has 0 radical (unpaired) electrons. The molecule has 0 fully saturated rings. The summed E-state index contributed by atoms with van der Waals surface area (Å²) in [5.74, 6) is 0.891. The number of rotatable bonds is 2. The minimum Gasteiger partial charge on any atom is -0.454 e. The van der Waals surface area contributed by atoms with Crippen molar-refractivity contribution in [3.8, 4) is 17.6 Å². The molecule has 3 nitrogen and oxygen atoms in total. The minimum absolute atomic E-state index is 0.302. The van der Waals surface area contributed by atoms with E-state index < -0.39 is 0 Å². The fourth-order valence-corrected chi connectivity index (χ4v) is 1.90. The summed E-state index contributed by atoms with van der Waals surface area (Å²) in [6.45, 7) is 0. The average Bonchev–Trinajstić information content (AvgIpc) is 2.36. The van der Waals surface area contributed by atoms with Gasteiger partial charge in [0.15, 0.2) is 5.75 Å². The maximum Gasteiger partial charge on any atom is 0.151 e. The molecule has 0 aliphatic carbocycles. The lowest BCUT2D eigenvalue weighted by Gasteiger charge is -2.10. The first-order valence-electron chi connectivity index (χ1n) is 5.03. The van der Waals surface area contributed by atoms with Gasteiger partial charge in [-0.25, -0.2) is 0 Å². The standard InChI is InChI=1S/C13H8BrClN2O/c14-9-4-5-10(15)12(6-9)18-11-3-1-2-8(7-16)13(11)17/h1-6H,17H2. The topological polar surface area (TPSA) is 59.0 Å². The number of nitrogen functional groups attached to an aromatic ring is 1. The van der Waals surface area contributed by atoms with Crippen LogP contribution in [0.15, 0.2) is 40.9 Å². The van der Waals surface area contributed by atoms with E-state index in [9.17, 15) is 0 Å². The number of nitrogens with zero attached hydrogens (tertiary/aromatic N) is 1. The Morgan fingerprint density at radius 1 is 1.22 bits per heavy atom. The number of benzene rings is 2.